The van der Waals surface area contributed by atoms with Crippen molar-refractivity contribution in [2.45, 2.75) is 0 Å². The number of carbonyl (C=O) groups excluding carboxylic acids is 3. The zero-order valence-corrected chi connectivity index (χ0v) is 21.8. The third kappa shape index (κ3) is 6.82. The minimum Gasteiger partial charge on any atom is -0.458 e. The lowest BCUT2D eigenvalue weighted by Gasteiger charge is -2.18. The molecular weight excluding hydrogens is 520 g/mol. The smallest absolute Gasteiger partial charge is 0.343 e. The van der Waals surface area contributed by atoms with Gasteiger partial charge in [0, 0.05) is 11.6 Å². The van der Waals surface area contributed by atoms with Gasteiger partial charge in [0.05, 0.1) is 16.8 Å². The van der Waals surface area contributed by atoms with Gasteiger partial charge in [-0.25, -0.2) is 9.59 Å². The Kier molecular flexibility index (Phi) is 8.42. The van der Waals surface area contributed by atoms with E-state index in [1.165, 1.54) is 17.2 Å². The monoisotopic (exact) mass is 544 g/mol. The second-order valence-corrected chi connectivity index (χ2v) is 8.66. The molecule has 0 fully saturated rings. The van der Waals surface area contributed by atoms with Crippen molar-refractivity contribution in [2.24, 2.45) is 5.10 Å². The van der Waals surface area contributed by atoms with Gasteiger partial charge in [0.1, 0.15) is 12.4 Å². The van der Waals surface area contributed by atoms with E-state index in [1.54, 1.807) is 115 Å². The van der Waals surface area contributed by atoms with Crippen LogP contribution < -0.4 is 5.01 Å². The SMILES string of the molecule is O=C(OC/C=C1C=C(OC(=O)c2ccccc2)/C(=N\N(C(=O)c2ccccc2)c2ccccc2)O/1)c1ccccc1. The molecular formula is C33H24N2O6. The summed E-state index contributed by atoms with van der Waals surface area (Å²) < 4.78 is 16.9. The summed E-state index contributed by atoms with van der Waals surface area (Å²) in [7, 11) is 0. The van der Waals surface area contributed by atoms with Crippen LogP contribution in [0.1, 0.15) is 31.1 Å². The van der Waals surface area contributed by atoms with E-state index in [0.29, 0.717) is 22.4 Å². The summed E-state index contributed by atoms with van der Waals surface area (Å²) >= 11 is 0. The van der Waals surface area contributed by atoms with Gasteiger partial charge in [-0.2, -0.15) is 5.01 Å². The summed E-state index contributed by atoms with van der Waals surface area (Å²) in [5.41, 5.74) is 1.60. The molecule has 0 bridgehead atoms. The van der Waals surface area contributed by atoms with Crippen LogP contribution in [0, 0.1) is 0 Å². The van der Waals surface area contributed by atoms with Gasteiger partial charge in [-0.3, -0.25) is 4.79 Å². The van der Waals surface area contributed by atoms with Crippen molar-refractivity contribution in [1.82, 2.24) is 0 Å². The highest BCUT2D eigenvalue weighted by Crippen LogP contribution is 2.25. The highest BCUT2D eigenvalue weighted by Gasteiger charge is 2.28. The van der Waals surface area contributed by atoms with Gasteiger partial charge in [0.15, 0.2) is 5.76 Å². The maximum atomic E-state index is 13.5. The largest absolute Gasteiger partial charge is 0.458 e. The van der Waals surface area contributed by atoms with Crippen LogP contribution in [0.5, 0.6) is 0 Å². The molecule has 0 radical (unpaired) electrons. The number of allylic oxidation sites excluding steroid dienone is 1. The van der Waals surface area contributed by atoms with Crippen LogP contribution >= 0.6 is 0 Å². The Hall–Kier alpha value is -5.76. The van der Waals surface area contributed by atoms with Gasteiger partial charge in [-0.1, -0.05) is 72.8 Å². The molecule has 1 heterocycles. The molecule has 5 rings (SSSR count). The number of nitrogens with zero attached hydrogens (tertiary/aromatic N) is 2. The van der Waals surface area contributed by atoms with Gasteiger partial charge >= 0.3 is 11.9 Å². The second kappa shape index (κ2) is 12.9. The van der Waals surface area contributed by atoms with E-state index >= 15 is 0 Å². The molecule has 8 nitrogen and oxygen atoms in total. The number of carbonyl (C=O) groups is 3. The Morgan fingerprint density at radius 3 is 1.78 bits per heavy atom. The quantitative estimate of drug-likeness (QED) is 0.195. The molecule has 0 spiro atoms. The molecule has 4 aromatic carbocycles. The lowest BCUT2D eigenvalue weighted by molar-refractivity contribution is 0.0546. The second-order valence-electron chi connectivity index (χ2n) is 8.66. The number of rotatable bonds is 8. The van der Waals surface area contributed by atoms with E-state index in [4.69, 9.17) is 14.2 Å². The average Bonchev–Trinajstić information content (AvgIpc) is 3.41. The fraction of sp³-hybridized carbons (Fsp3) is 0.0303. The molecule has 0 saturated heterocycles. The van der Waals surface area contributed by atoms with Crippen molar-refractivity contribution >= 4 is 29.4 Å². The van der Waals surface area contributed by atoms with E-state index in [-0.39, 0.29) is 24.0 Å². The van der Waals surface area contributed by atoms with Gasteiger partial charge in [-0.05, 0) is 54.6 Å². The number of hydrogen-bond donors (Lipinski definition) is 0. The lowest BCUT2D eigenvalue weighted by Crippen LogP contribution is -2.28. The molecule has 4 aromatic rings. The molecule has 1 aliphatic rings. The van der Waals surface area contributed by atoms with Gasteiger partial charge in [0.25, 0.3) is 11.8 Å². The fourth-order valence-corrected chi connectivity index (χ4v) is 3.80. The molecule has 0 saturated carbocycles. The Morgan fingerprint density at radius 1 is 0.683 bits per heavy atom. The van der Waals surface area contributed by atoms with Crippen LogP contribution in [0.2, 0.25) is 0 Å². The first-order chi connectivity index (χ1) is 20.1. The molecule has 1 aliphatic heterocycles. The van der Waals surface area contributed by atoms with Gasteiger partial charge < -0.3 is 14.2 Å². The number of anilines is 1. The van der Waals surface area contributed by atoms with Crippen LogP contribution in [-0.4, -0.2) is 30.4 Å². The summed E-state index contributed by atoms with van der Waals surface area (Å²) in [6.45, 7) is -0.113. The zero-order chi connectivity index (χ0) is 28.4. The molecule has 41 heavy (non-hydrogen) atoms. The Morgan fingerprint density at radius 2 is 1.20 bits per heavy atom. The van der Waals surface area contributed by atoms with E-state index in [0.717, 1.165) is 0 Å². The predicted octanol–water partition coefficient (Wildman–Crippen LogP) is 6.16. The molecule has 0 aromatic heterocycles. The fourth-order valence-electron chi connectivity index (χ4n) is 3.80. The van der Waals surface area contributed by atoms with E-state index in [1.807, 2.05) is 6.07 Å². The van der Waals surface area contributed by atoms with Gasteiger partial charge in [-0.15, -0.1) is 5.10 Å². The van der Waals surface area contributed by atoms with Crippen LogP contribution in [0.25, 0.3) is 0 Å². The molecule has 1 amide bonds. The normalized spacial score (nSPS) is 14.2. The van der Waals surface area contributed by atoms with Crippen LogP contribution in [-0.2, 0) is 14.2 Å². The number of hydrazone groups is 1. The number of hydrogen-bond acceptors (Lipinski definition) is 7. The first-order valence-corrected chi connectivity index (χ1v) is 12.7. The van der Waals surface area contributed by atoms with Crippen molar-refractivity contribution in [3.8, 4) is 0 Å². The average molecular weight is 545 g/mol. The topological polar surface area (TPSA) is 94.5 Å². The van der Waals surface area contributed by atoms with E-state index in [9.17, 15) is 14.4 Å². The van der Waals surface area contributed by atoms with Crippen LogP contribution in [0.15, 0.2) is 150 Å². The van der Waals surface area contributed by atoms with Crippen molar-refractivity contribution in [1.29, 1.82) is 0 Å². The van der Waals surface area contributed by atoms with Crippen LogP contribution in [0.4, 0.5) is 5.69 Å². The molecule has 0 unspecified atom stereocenters. The van der Waals surface area contributed by atoms with E-state index in [2.05, 4.69) is 5.10 Å². The molecule has 202 valence electrons. The van der Waals surface area contributed by atoms with E-state index < -0.39 is 17.8 Å². The summed E-state index contributed by atoms with van der Waals surface area (Å²) in [5.74, 6) is -1.47. The number of para-hydroxylation sites is 1. The number of ether oxygens (including phenoxy) is 3. The standard InChI is InChI=1S/C33H24N2O6/c36-31(24-13-5-1-6-14-24)35(27-19-11-4-12-20-27)34-30-29(41-33(38)26-17-9-3-10-18-26)23-28(40-30)21-22-39-32(37)25-15-7-2-8-16-25/h1-21,23H,22H2/b28-21-,34-30+. The minimum atomic E-state index is -0.634. The molecule has 0 aliphatic carbocycles. The molecule has 8 heteroatoms. The van der Waals surface area contributed by atoms with Crippen molar-refractivity contribution in [3.63, 3.8) is 0 Å². The molecule has 0 N–H and O–H groups in total. The highest BCUT2D eigenvalue weighted by molar-refractivity contribution is 6.08. The van der Waals surface area contributed by atoms with Crippen molar-refractivity contribution in [3.05, 3.63) is 162 Å². The predicted molar refractivity (Wildman–Crippen MR) is 153 cm³/mol. The molecule has 0 atom stereocenters. The third-order valence-electron chi connectivity index (χ3n) is 5.82. The Bertz CT molecular complexity index is 1620. The number of esters is 2. The summed E-state index contributed by atoms with van der Waals surface area (Å²) in [5, 5.41) is 5.65. The Labute approximate surface area is 236 Å². The third-order valence-corrected chi connectivity index (χ3v) is 5.82. The summed E-state index contributed by atoms with van der Waals surface area (Å²) in [6.07, 6.45) is 2.96. The summed E-state index contributed by atoms with van der Waals surface area (Å²) in [6, 6.07) is 34.5. The number of benzene rings is 4. The Balaban J connectivity index is 1.44. The maximum absolute atomic E-state index is 13.5. The van der Waals surface area contributed by atoms with Crippen LogP contribution in [0.3, 0.4) is 0 Å². The maximum Gasteiger partial charge on any atom is 0.343 e. The number of amides is 1. The van der Waals surface area contributed by atoms with Gasteiger partial charge in [0.2, 0.25) is 0 Å². The van der Waals surface area contributed by atoms with Crippen molar-refractivity contribution in [2.75, 3.05) is 11.6 Å². The first-order valence-electron chi connectivity index (χ1n) is 12.7. The van der Waals surface area contributed by atoms with Crippen molar-refractivity contribution < 1.29 is 28.6 Å². The minimum absolute atomic E-state index is 0.0127. The lowest BCUT2D eigenvalue weighted by atomic mass is 10.2. The summed E-state index contributed by atoms with van der Waals surface area (Å²) in [4.78, 5) is 38.7. The first kappa shape index (κ1) is 26.8. The highest BCUT2D eigenvalue weighted by atomic mass is 16.6. The zero-order valence-electron chi connectivity index (χ0n) is 21.8.